The Morgan fingerprint density at radius 3 is 2.41 bits per heavy atom. The number of sulfonamides is 1. The van der Waals surface area contributed by atoms with Gasteiger partial charge in [0.05, 0.1) is 22.1 Å². The first kappa shape index (κ1) is 17.9. The van der Waals surface area contributed by atoms with Gasteiger partial charge in [0.15, 0.2) is 0 Å². The monoisotopic (exact) mass is 383 g/mol. The van der Waals surface area contributed by atoms with Gasteiger partial charge in [0.25, 0.3) is 5.56 Å². The minimum atomic E-state index is -3.51. The fourth-order valence-corrected chi connectivity index (χ4v) is 5.38. The predicted molar refractivity (Wildman–Crippen MR) is 104 cm³/mol. The van der Waals surface area contributed by atoms with Crippen molar-refractivity contribution >= 4 is 20.9 Å². The lowest BCUT2D eigenvalue weighted by Crippen LogP contribution is -2.41. The normalized spacial score (nSPS) is 16.6. The number of para-hydroxylation sites is 1. The maximum absolute atomic E-state index is 12.9. The summed E-state index contributed by atoms with van der Waals surface area (Å²) in [6.07, 6.45) is 2.76. The SMILES string of the molecule is Cc1ccccc1S(=O)(=O)N1CCC(n2cnc3ccccc3c2=O)CC1. The van der Waals surface area contributed by atoms with Crippen molar-refractivity contribution in [2.45, 2.75) is 30.7 Å². The Morgan fingerprint density at radius 1 is 1.00 bits per heavy atom. The molecule has 0 radical (unpaired) electrons. The van der Waals surface area contributed by atoms with Crippen LogP contribution in [0.2, 0.25) is 0 Å². The Morgan fingerprint density at radius 2 is 1.67 bits per heavy atom. The van der Waals surface area contributed by atoms with Crippen LogP contribution in [0.25, 0.3) is 10.9 Å². The van der Waals surface area contributed by atoms with Crippen LogP contribution in [0.15, 0.2) is 64.5 Å². The van der Waals surface area contributed by atoms with Gasteiger partial charge >= 0.3 is 0 Å². The van der Waals surface area contributed by atoms with E-state index in [0.29, 0.717) is 41.7 Å². The number of benzene rings is 2. The van der Waals surface area contributed by atoms with Crippen LogP contribution in [0.3, 0.4) is 0 Å². The molecule has 6 nitrogen and oxygen atoms in total. The highest BCUT2D eigenvalue weighted by Gasteiger charge is 2.31. The van der Waals surface area contributed by atoms with E-state index < -0.39 is 10.0 Å². The van der Waals surface area contributed by atoms with Crippen molar-refractivity contribution in [3.8, 4) is 0 Å². The van der Waals surface area contributed by atoms with Gasteiger partial charge in [0, 0.05) is 19.1 Å². The van der Waals surface area contributed by atoms with Crippen molar-refractivity contribution in [2.24, 2.45) is 0 Å². The predicted octanol–water partition coefficient (Wildman–Crippen LogP) is 2.73. The van der Waals surface area contributed by atoms with Gasteiger partial charge < -0.3 is 0 Å². The van der Waals surface area contributed by atoms with Crippen LogP contribution in [0, 0.1) is 6.92 Å². The fraction of sp³-hybridized carbons (Fsp3) is 0.300. The molecule has 1 aliphatic heterocycles. The molecule has 0 saturated carbocycles. The molecular weight excluding hydrogens is 362 g/mol. The highest BCUT2D eigenvalue weighted by atomic mass is 32.2. The van der Waals surface area contributed by atoms with E-state index >= 15 is 0 Å². The lowest BCUT2D eigenvalue weighted by atomic mass is 10.1. The molecule has 140 valence electrons. The second-order valence-electron chi connectivity index (χ2n) is 6.87. The van der Waals surface area contributed by atoms with Crippen LogP contribution >= 0.6 is 0 Å². The summed E-state index contributed by atoms with van der Waals surface area (Å²) in [6.45, 7) is 2.58. The van der Waals surface area contributed by atoms with Crippen LogP contribution in [0.4, 0.5) is 0 Å². The quantitative estimate of drug-likeness (QED) is 0.697. The van der Waals surface area contributed by atoms with Crippen LogP contribution in [0.1, 0.15) is 24.4 Å². The van der Waals surface area contributed by atoms with Gasteiger partial charge in [0.2, 0.25) is 10.0 Å². The molecule has 27 heavy (non-hydrogen) atoms. The number of nitrogens with zero attached hydrogens (tertiary/aromatic N) is 3. The maximum Gasteiger partial charge on any atom is 0.261 e. The van der Waals surface area contributed by atoms with E-state index in [9.17, 15) is 13.2 Å². The first-order chi connectivity index (χ1) is 13.0. The van der Waals surface area contributed by atoms with Crippen LogP contribution in [0.5, 0.6) is 0 Å². The number of aryl methyl sites for hydroxylation is 1. The zero-order chi connectivity index (χ0) is 19.0. The first-order valence-corrected chi connectivity index (χ1v) is 10.4. The van der Waals surface area contributed by atoms with E-state index in [4.69, 9.17) is 0 Å². The molecule has 1 saturated heterocycles. The Bertz CT molecular complexity index is 1150. The molecule has 0 amide bonds. The van der Waals surface area contributed by atoms with Crippen molar-refractivity contribution < 1.29 is 8.42 Å². The molecule has 7 heteroatoms. The molecule has 0 atom stereocenters. The van der Waals surface area contributed by atoms with Crippen molar-refractivity contribution in [3.05, 3.63) is 70.8 Å². The second-order valence-corrected chi connectivity index (χ2v) is 8.78. The van der Waals surface area contributed by atoms with Crippen molar-refractivity contribution in [2.75, 3.05) is 13.1 Å². The Balaban J connectivity index is 1.57. The van der Waals surface area contributed by atoms with Gasteiger partial charge in [-0.25, -0.2) is 13.4 Å². The summed E-state index contributed by atoms with van der Waals surface area (Å²) >= 11 is 0. The third-order valence-electron chi connectivity index (χ3n) is 5.22. The maximum atomic E-state index is 12.9. The molecule has 0 aliphatic carbocycles. The lowest BCUT2D eigenvalue weighted by molar-refractivity contribution is 0.269. The summed E-state index contributed by atoms with van der Waals surface area (Å²) in [4.78, 5) is 17.5. The standard InChI is InChI=1S/C20H21N3O3S/c1-15-6-2-5-9-19(15)27(25,26)22-12-10-16(11-13-22)23-14-21-18-8-4-3-7-17(18)20(23)24/h2-9,14,16H,10-13H2,1H3. The average molecular weight is 383 g/mol. The molecule has 1 aromatic heterocycles. The second kappa shape index (κ2) is 6.90. The van der Waals surface area contributed by atoms with E-state index in [-0.39, 0.29) is 11.6 Å². The zero-order valence-corrected chi connectivity index (χ0v) is 15.9. The molecule has 1 fully saturated rings. The molecular formula is C20H21N3O3S. The van der Waals surface area contributed by atoms with E-state index in [1.165, 1.54) is 4.31 Å². The average Bonchev–Trinajstić information content (AvgIpc) is 2.69. The smallest absolute Gasteiger partial charge is 0.261 e. The minimum Gasteiger partial charge on any atom is -0.296 e. The number of fused-ring (bicyclic) bond motifs is 1. The third-order valence-corrected chi connectivity index (χ3v) is 7.28. The number of hydrogen-bond donors (Lipinski definition) is 0. The van der Waals surface area contributed by atoms with Crippen molar-refractivity contribution in [3.63, 3.8) is 0 Å². The Hall–Kier alpha value is -2.51. The Kier molecular flexibility index (Phi) is 4.57. The molecule has 0 bridgehead atoms. The fourth-order valence-electron chi connectivity index (χ4n) is 3.69. The molecule has 2 heterocycles. The summed E-state index contributed by atoms with van der Waals surface area (Å²) in [6, 6.07) is 14.3. The number of piperidine rings is 1. The van der Waals surface area contributed by atoms with Crippen LogP contribution in [-0.2, 0) is 10.0 Å². The molecule has 4 rings (SSSR count). The van der Waals surface area contributed by atoms with E-state index in [2.05, 4.69) is 4.98 Å². The van der Waals surface area contributed by atoms with Gasteiger partial charge in [-0.3, -0.25) is 9.36 Å². The number of aromatic nitrogens is 2. The van der Waals surface area contributed by atoms with Crippen molar-refractivity contribution in [1.29, 1.82) is 0 Å². The van der Waals surface area contributed by atoms with Gasteiger partial charge in [-0.15, -0.1) is 0 Å². The highest BCUT2D eigenvalue weighted by molar-refractivity contribution is 7.89. The third kappa shape index (κ3) is 3.17. The Labute approximate surface area is 158 Å². The number of hydrogen-bond acceptors (Lipinski definition) is 4. The highest BCUT2D eigenvalue weighted by Crippen LogP contribution is 2.27. The van der Waals surface area contributed by atoms with Gasteiger partial charge in [-0.2, -0.15) is 4.31 Å². The van der Waals surface area contributed by atoms with Gasteiger partial charge in [0.1, 0.15) is 0 Å². The van der Waals surface area contributed by atoms with E-state index in [1.54, 1.807) is 42.1 Å². The molecule has 0 N–H and O–H groups in total. The molecule has 2 aromatic carbocycles. The summed E-state index contributed by atoms with van der Waals surface area (Å²) < 4.78 is 29.0. The largest absolute Gasteiger partial charge is 0.296 e. The minimum absolute atomic E-state index is 0.0436. The van der Waals surface area contributed by atoms with Crippen molar-refractivity contribution in [1.82, 2.24) is 13.9 Å². The first-order valence-electron chi connectivity index (χ1n) is 9.00. The zero-order valence-electron chi connectivity index (χ0n) is 15.1. The van der Waals surface area contributed by atoms with E-state index in [0.717, 1.165) is 5.56 Å². The molecule has 0 spiro atoms. The summed E-state index contributed by atoms with van der Waals surface area (Å²) in [5, 5.41) is 0.593. The summed E-state index contributed by atoms with van der Waals surface area (Å²) in [5.41, 5.74) is 1.36. The molecule has 0 unspecified atom stereocenters. The van der Waals surface area contributed by atoms with Crippen LogP contribution in [-0.4, -0.2) is 35.4 Å². The van der Waals surface area contributed by atoms with Gasteiger partial charge in [-0.05, 0) is 43.5 Å². The topological polar surface area (TPSA) is 72.3 Å². The lowest BCUT2D eigenvalue weighted by Gasteiger charge is -2.32. The van der Waals surface area contributed by atoms with E-state index in [1.807, 2.05) is 24.3 Å². The molecule has 3 aromatic rings. The van der Waals surface area contributed by atoms with Gasteiger partial charge in [-0.1, -0.05) is 30.3 Å². The molecule has 1 aliphatic rings. The summed E-state index contributed by atoms with van der Waals surface area (Å²) in [7, 11) is -3.51. The number of rotatable bonds is 3. The van der Waals surface area contributed by atoms with Crippen LogP contribution < -0.4 is 5.56 Å². The summed E-state index contributed by atoms with van der Waals surface area (Å²) in [5.74, 6) is 0.